The van der Waals surface area contributed by atoms with E-state index in [0.29, 0.717) is 5.69 Å². The van der Waals surface area contributed by atoms with Crippen LogP contribution >= 0.6 is 0 Å². The van der Waals surface area contributed by atoms with E-state index in [-0.39, 0.29) is 10.5 Å². The maximum absolute atomic E-state index is 13.7. The standard InChI is InChI=1S/C14H14F2N2O2S/c1-9(13-7-10(15)5-6-14(13)16)18-11-3-2-4-12(8-11)21(17,19)20/h2-9,18H,1H3,(H2,17,19,20). The van der Waals surface area contributed by atoms with Gasteiger partial charge in [0, 0.05) is 11.3 Å². The Morgan fingerprint density at radius 3 is 2.52 bits per heavy atom. The molecule has 0 aliphatic rings. The Balaban J connectivity index is 2.28. The van der Waals surface area contributed by atoms with Crippen LogP contribution in [0, 0.1) is 11.6 Å². The van der Waals surface area contributed by atoms with E-state index in [0.717, 1.165) is 18.2 Å². The number of nitrogens with one attached hydrogen (secondary N) is 1. The first-order valence-electron chi connectivity index (χ1n) is 6.12. The quantitative estimate of drug-likeness (QED) is 0.912. The van der Waals surface area contributed by atoms with Gasteiger partial charge < -0.3 is 5.32 Å². The zero-order valence-corrected chi connectivity index (χ0v) is 12.0. The molecule has 2 rings (SSSR count). The van der Waals surface area contributed by atoms with Crippen LogP contribution in [0.4, 0.5) is 14.5 Å². The third-order valence-electron chi connectivity index (χ3n) is 2.97. The maximum Gasteiger partial charge on any atom is 0.238 e. The Labute approximate surface area is 121 Å². The van der Waals surface area contributed by atoms with Crippen molar-refractivity contribution in [1.82, 2.24) is 0 Å². The first-order chi connectivity index (χ1) is 9.77. The van der Waals surface area contributed by atoms with Crippen LogP contribution in [-0.4, -0.2) is 8.42 Å². The predicted octanol–water partition coefficient (Wildman–Crippen LogP) is 2.79. The highest BCUT2D eigenvalue weighted by Gasteiger charge is 2.13. The van der Waals surface area contributed by atoms with Crippen LogP contribution in [0.2, 0.25) is 0 Å². The minimum absolute atomic E-state index is 0.0561. The summed E-state index contributed by atoms with van der Waals surface area (Å²) in [5, 5.41) is 7.96. The molecule has 0 aromatic heterocycles. The molecule has 0 amide bonds. The summed E-state index contributed by atoms with van der Waals surface area (Å²) in [6.07, 6.45) is 0. The zero-order chi connectivity index (χ0) is 15.6. The van der Waals surface area contributed by atoms with Crippen molar-refractivity contribution in [2.45, 2.75) is 17.9 Å². The van der Waals surface area contributed by atoms with Crippen LogP contribution in [0.15, 0.2) is 47.4 Å². The third-order valence-corrected chi connectivity index (χ3v) is 3.88. The fourth-order valence-corrected chi connectivity index (χ4v) is 2.50. The number of benzene rings is 2. The fourth-order valence-electron chi connectivity index (χ4n) is 1.94. The molecule has 1 unspecified atom stereocenters. The highest BCUT2D eigenvalue weighted by Crippen LogP contribution is 2.23. The largest absolute Gasteiger partial charge is 0.378 e. The Morgan fingerprint density at radius 1 is 1.14 bits per heavy atom. The van der Waals surface area contributed by atoms with Gasteiger partial charge in [-0.2, -0.15) is 0 Å². The van der Waals surface area contributed by atoms with Crippen molar-refractivity contribution < 1.29 is 17.2 Å². The topological polar surface area (TPSA) is 72.2 Å². The summed E-state index contributed by atoms with van der Waals surface area (Å²) in [6.45, 7) is 1.64. The van der Waals surface area contributed by atoms with Gasteiger partial charge in [0.2, 0.25) is 10.0 Å². The van der Waals surface area contributed by atoms with Gasteiger partial charge in [-0.1, -0.05) is 6.07 Å². The first-order valence-corrected chi connectivity index (χ1v) is 7.66. The number of hydrogen-bond donors (Lipinski definition) is 2. The average molecular weight is 312 g/mol. The van der Waals surface area contributed by atoms with Crippen molar-refractivity contribution in [3.05, 3.63) is 59.7 Å². The lowest BCUT2D eigenvalue weighted by atomic mass is 10.1. The molecule has 0 radical (unpaired) electrons. The summed E-state index contributed by atoms with van der Waals surface area (Å²) in [5.74, 6) is -1.09. The molecule has 2 aromatic rings. The highest BCUT2D eigenvalue weighted by molar-refractivity contribution is 7.89. The molecule has 0 bridgehead atoms. The van der Waals surface area contributed by atoms with E-state index in [1.807, 2.05) is 0 Å². The van der Waals surface area contributed by atoms with E-state index in [2.05, 4.69) is 5.32 Å². The van der Waals surface area contributed by atoms with Gasteiger partial charge in [-0.3, -0.25) is 0 Å². The number of primary sulfonamides is 1. The van der Waals surface area contributed by atoms with E-state index in [1.165, 1.54) is 18.2 Å². The Bertz CT molecular complexity index is 763. The zero-order valence-electron chi connectivity index (χ0n) is 11.2. The normalized spacial score (nSPS) is 13.0. The molecular formula is C14H14F2N2O2S. The molecule has 1 atom stereocenters. The van der Waals surface area contributed by atoms with Crippen molar-refractivity contribution in [3.8, 4) is 0 Å². The van der Waals surface area contributed by atoms with Crippen LogP contribution in [0.5, 0.6) is 0 Å². The molecule has 0 fully saturated rings. The number of sulfonamides is 1. The molecule has 0 aliphatic heterocycles. The molecule has 21 heavy (non-hydrogen) atoms. The number of nitrogens with two attached hydrogens (primary N) is 1. The number of rotatable bonds is 4. The van der Waals surface area contributed by atoms with Crippen molar-refractivity contribution in [3.63, 3.8) is 0 Å². The van der Waals surface area contributed by atoms with Crippen molar-refractivity contribution in [2.24, 2.45) is 5.14 Å². The van der Waals surface area contributed by atoms with Crippen LogP contribution in [0.3, 0.4) is 0 Å². The molecule has 0 aliphatic carbocycles. The Hall–Kier alpha value is -1.99. The van der Waals surface area contributed by atoms with Gasteiger partial charge in [0.15, 0.2) is 0 Å². The summed E-state index contributed by atoms with van der Waals surface area (Å²) >= 11 is 0. The van der Waals surface area contributed by atoms with E-state index in [9.17, 15) is 17.2 Å². The van der Waals surface area contributed by atoms with Gasteiger partial charge in [0.25, 0.3) is 0 Å². The second kappa shape index (κ2) is 5.79. The van der Waals surface area contributed by atoms with Gasteiger partial charge in [0.1, 0.15) is 11.6 Å². The van der Waals surface area contributed by atoms with E-state index < -0.39 is 27.7 Å². The summed E-state index contributed by atoms with van der Waals surface area (Å²) in [6, 6.07) is 8.44. The molecule has 0 spiro atoms. The molecule has 0 saturated heterocycles. The molecule has 4 nitrogen and oxygen atoms in total. The fraction of sp³-hybridized carbons (Fsp3) is 0.143. The van der Waals surface area contributed by atoms with Gasteiger partial charge in [-0.15, -0.1) is 0 Å². The Kier molecular flexibility index (Phi) is 4.24. The first kappa shape index (κ1) is 15.4. The van der Waals surface area contributed by atoms with E-state index >= 15 is 0 Å². The second-order valence-electron chi connectivity index (χ2n) is 4.60. The van der Waals surface area contributed by atoms with Gasteiger partial charge in [-0.05, 0) is 43.3 Å². The minimum Gasteiger partial charge on any atom is -0.378 e. The lowest BCUT2D eigenvalue weighted by molar-refractivity contribution is 0.577. The SMILES string of the molecule is CC(Nc1cccc(S(N)(=O)=O)c1)c1cc(F)ccc1F. The lowest BCUT2D eigenvalue weighted by Crippen LogP contribution is -2.13. The lowest BCUT2D eigenvalue weighted by Gasteiger charge is -2.17. The summed E-state index contributed by atoms with van der Waals surface area (Å²) in [5.41, 5.74) is 0.591. The maximum atomic E-state index is 13.7. The van der Waals surface area contributed by atoms with Crippen LogP contribution in [0.1, 0.15) is 18.5 Å². The summed E-state index contributed by atoms with van der Waals surface area (Å²) in [7, 11) is -3.81. The molecular weight excluding hydrogens is 298 g/mol. The van der Waals surface area contributed by atoms with E-state index in [4.69, 9.17) is 5.14 Å². The smallest absolute Gasteiger partial charge is 0.238 e. The molecule has 2 aromatic carbocycles. The van der Waals surface area contributed by atoms with Crippen LogP contribution < -0.4 is 10.5 Å². The second-order valence-corrected chi connectivity index (χ2v) is 6.17. The minimum atomic E-state index is -3.81. The van der Waals surface area contributed by atoms with Gasteiger partial charge in [0.05, 0.1) is 10.9 Å². The monoisotopic (exact) mass is 312 g/mol. The van der Waals surface area contributed by atoms with Crippen molar-refractivity contribution in [2.75, 3.05) is 5.32 Å². The third kappa shape index (κ3) is 3.77. The highest BCUT2D eigenvalue weighted by atomic mass is 32.2. The van der Waals surface area contributed by atoms with E-state index in [1.54, 1.807) is 13.0 Å². The van der Waals surface area contributed by atoms with Crippen molar-refractivity contribution in [1.29, 1.82) is 0 Å². The van der Waals surface area contributed by atoms with Crippen molar-refractivity contribution >= 4 is 15.7 Å². The van der Waals surface area contributed by atoms with Crippen LogP contribution in [-0.2, 0) is 10.0 Å². The van der Waals surface area contributed by atoms with Gasteiger partial charge in [-0.25, -0.2) is 22.3 Å². The van der Waals surface area contributed by atoms with Crippen LogP contribution in [0.25, 0.3) is 0 Å². The summed E-state index contributed by atoms with van der Waals surface area (Å²) < 4.78 is 49.4. The average Bonchev–Trinajstić information content (AvgIpc) is 2.41. The molecule has 0 saturated carbocycles. The predicted molar refractivity (Wildman–Crippen MR) is 76.2 cm³/mol. The molecule has 7 heteroatoms. The number of anilines is 1. The molecule has 3 N–H and O–H groups in total. The number of halogens is 2. The molecule has 112 valence electrons. The van der Waals surface area contributed by atoms with Gasteiger partial charge >= 0.3 is 0 Å². The number of hydrogen-bond acceptors (Lipinski definition) is 3. The Morgan fingerprint density at radius 2 is 1.86 bits per heavy atom. The molecule has 0 heterocycles. The summed E-state index contributed by atoms with van der Waals surface area (Å²) in [4.78, 5) is -0.0561.